The van der Waals surface area contributed by atoms with Crippen LogP contribution in [0.2, 0.25) is 0 Å². The third-order valence-corrected chi connectivity index (χ3v) is 7.28. The Labute approximate surface area is 183 Å². The van der Waals surface area contributed by atoms with Gasteiger partial charge in [0, 0.05) is 35.4 Å². The molecule has 178 valence electrons. The predicted octanol–water partition coefficient (Wildman–Crippen LogP) is 3.90. The number of rotatable bonds is 4. The predicted molar refractivity (Wildman–Crippen MR) is 105 cm³/mol. The number of nitrogens with zero attached hydrogens (tertiary/aromatic N) is 1. The molecular weight excluding hydrogens is 433 g/mol. The Morgan fingerprint density at radius 2 is 1.91 bits per heavy atom. The first-order valence-corrected chi connectivity index (χ1v) is 11.0. The van der Waals surface area contributed by atoms with E-state index in [9.17, 15) is 31.5 Å². The van der Waals surface area contributed by atoms with Gasteiger partial charge in [0.1, 0.15) is 12.3 Å². The smallest absolute Gasteiger partial charge is 0.353 e. The minimum atomic E-state index is -4.77. The Morgan fingerprint density at radius 3 is 2.50 bits per heavy atom. The Kier molecular flexibility index (Phi) is 7.15. The van der Waals surface area contributed by atoms with Crippen LogP contribution in [0.5, 0.6) is 0 Å². The molecule has 0 aromatic heterocycles. The lowest BCUT2D eigenvalue weighted by atomic mass is 9.68. The van der Waals surface area contributed by atoms with Crippen LogP contribution in [-0.2, 0) is 9.59 Å². The zero-order chi connectivity index (χ0) is 23.8. The van der Waals surface area contributed by atoms with Gasteiger partial charge in [0.25, 0.3) is 0 Å². The van der Waals surface area contributed by atoms with Crippen molar-refractivity contribution in [2.24, 2.45) is 23.7 Å². The summed E-state index contributed by atoms with van der Waals surface area (Å²) in [5.41, 5.74) is -0.00610. The monoisotopic (exact) mass is 461 g/mol. The molecule has 3 rings (SSSR count). The highest BCUT2D eigenvalue weighted by Crippen LogP contribution is 2.48. The van der Waals surface area contributed by atoms with E-state index in [2.05, 4.69) is 16.7 Å². The Balaban J connectivity index is 1.73. The van der Waals surface area contributed by atoms with Gasteiger partial charge in [-0.1, -0.05) is 5.57 Å². The van der Waals surface area contributed by atoms with Gasteiger partial charge in [-0.25, -0.2) is 8.78 Å². The molecule has 2 amide bonds. The van der Waals surface area contributed by atoms with Crippen LogP contribution in [0.1, 0.15) is 52.4 Å². The van der Waals surface area contributed by atoms with E-state index < -0.39 is 66.6 Å². The molecule has 7 unspecified atom stereocenters. The van der Waals surface area contributed by atoms with Crippen molar-refractivity contribution in [2.45, 2.75) is 83.0 Å². The van der Waals surface area contributed by atoms with Gasteiger partial charge in [0.05, 0.1) is 18.4 Å². The molecule has 5 nitrogen and oxygen atoms in total. The summed E-state index contributed by atoms with van der Waals surface area (Å²) in [5, 5.41) is 14.1. The van der Waals surface area contributed by atoms with Crippen molar-refractivity contribution in [3.05, 3.63) is 11.1 Å². The van der Waals surface area contributed by atoms with Crippen LogP contribution in [-0.4, -0.2) is 42.4 Å². The second kappa shape index (κ2) is 9.36. The van der Waals surface area contributed by atoms with E-state index >= 15 is 0 Å². The molecule has 1 aliphatic heterocycles. The van der Waals surface area contributed by atoms with Crippen LogP contribution in [0.15, 0.2) is 11.1 Å². The maximum atomic E-state index is 14.4. The highest BCUT2D eigenvalue weighted by molar-refractivity contribution is 6.00. The lowest BCUT2D eigenvalue weighted by Gasteiger charge is -2.45. The average Bonchev–Trinajstić information content (AvgIpc) is 2.70. The van der Waals surface area contributed by atoms with Crippen molar-refractivity contribution in [3.63, 3.8) is 0 Å². The summed E-state index contributed by atoms with van der Waals surface area (Å²) < 4.78 is 69.4. The number of nitrogens with one attached hydrogen (secondary N) is 2. The first-order chi connectivity index (χ1) is 14.9. The van der Waals surface area contributed by atoms with Gasteiger partial charge in [-0.2, -0.15) is 18.4 Å². The van der Waals surface area contributed by atoms with Gasteiger partial charge in [0.2, 0.25) is 11.8 Å². The van der Waals surface area contributed by atoms with Crippen molar-refractivity contribution >= 4 is 11.8 Å². The lowest BCUT2D eigenvalue weighted by Crippen LogP contribution is -2.56. The Morgan fingerprint density at radius 1 is 1.22 bits per heavy atom. The van der Waals surface area contributed by atoms with Crippen molar-refractivity contribution in [1.82, 2.24) is 10.6 Å². The number of hydrogen-bond donors (Lipinski definition) is 2. The molecule has 1 heterocycles. The van der Waals surface area contributed by atoms with Crippen LogP contribution in [0, 0.1) is 35.0 Å². The summed E-state index contributed by atoms with van der Waals surface area (Å²) in [7, 11) is 0. The van der Waals surface area contributed by atoms with E-state index in [0.29, 0.717) is 12.8 Å². The quantitative estimate of drug-likeness (QED) is 0.623. The Bertz CT molecular complexity index is 821. The molecule has 2 aliphatic carbocycles. The molecule has 0 aromatic carbocycles. The maximum absolute atomic E-state index is 14.4. The molecule has 0 spiro atoms. The SMILES string of the molecule is CC1=C(CC(=O)N[C@H](C)C2CCC(C#N)CC2F)C(=O)NC2CCC(F)C(C(F)(F)F)C12. The van der Waals surface area contributed by atoms with Crippen LogP contribution in [0.4, 0.5) is 22.0 Å². The van der Waals surface area contributed by atoms with Crippen molar-refractivity contribution < 1.29 is 31.5 Å². The fourth-order valence-corrected chi connectivity index (χ4v) is 5.56. The molecule has 2 saturated carbocycles. The standard InChI is InChI=1S/C22H28F5N3O2/c1-10-14(8-18(31)29-11(2)13-4-3-12(9-28)7-16(13)24)21(32)30-17-6-5-15(23)20(19(10)17)22(25,26)27/h11-13,15-17,19-20H,3-8H2,1-2H3,(H,29,31)(H,30,32)/t11-,12?,13?,15?,16?,17?,19?,20?/m1/s1. The molecule has 0 bridgehead atoms. The fourth-order valence-electron chi connectivity index (χ4n) is 5.56. The van der Waals surface area contributed by atoms with Crippen LogP contribution >= 0.6 is 0 Å². The molecule has 0 saturated heterocycles. The summed E-state index contributed by atoms with van der Waals surface area (Å²) in [5.74, 6) is -5.56. The minimum absolute atomic E-state index is 0.0872. The topological polar surface area (TPSA) is 82.0 Å². The number of amides is 2. The third kappa shape index (κ3) is 4.91. The van der Waals surface area contributed by atoms with E-state index in [1.54, 1.807) is 6.92 Å². The molecule has 8 atom stereocenters. The fraction of sp³-hybridized carbons (Fsp3) is 0.773. The van der Waals surface area contributed by atoms with Crippen LogP contribution in [0.3, 0.4) is 0 Å². The van der Waals surface area contributed by atoms with E-state index in [0.717, 1.165) is 0 Å². The summed E-state index contributed by atoms with van der Waals surface area (Å²) in [6.45, 7) is 2.99. The molecule has 2 fully saturated rings. The van der Waals surface area contributed by atoms with Gasteiger partial charge < -0.3 is 10.6 Å². The highest BCUT2D eigenvalue weighted by atomic mass is 19.4. The number of carbonyl (C=O) groups is 2. The summed E-state index contributed by atoms with van der Waals surface area (Å²) in [6.07, 6.45) is -7.68. The van der Waals surface area contributed by atoms with E-state index in [1.807, 2.05) is 0 Å². The van der Waals surface area contributed by atoms with Gasteiger partial charge in [-0.05, 0) is 46.0 Å². The summed E-state index contributed by atoms with van der Waals surface area (Å²) >= 11 is 0. The van der Waals surface area contributed by atoms with Crippen molar-refractivity contribution in [1.29, 1.82) is 5.26 Å². The zero-order valence-corrected chi connectivity index (χ0v) is 18.0. The largest absolute Gasteiger partial charge is 0.395 e. The number of fused-ring (bicyclic) bond motifs is 1. The summed E-state index contributed by atoms with van der Waals surface area (Å²) in [6, 6.07) is 0.665. The normalized spacial score (nSPS) is 36.6. The highest BCUT2D eigenvalue weighted by Gasteiger charge is 2.56. The molecule has 0 aromatic rings. The second-order valence-corrected chi connectivity index (χ2v) is 9.28. The minimum Gasteiger partial charge on any atom is -0.353 e. The molecule has 2 N–H and O–H groups in total. The number of hydrogen-bond acceptors (Lipinski definition) is 3. The number of nitriles is 1. The van der Waals surface area contributed by atoms with Crippen molar-refractivity contribution in [3.8, 4) is 6.07 Å². The number of carbonyl (C=O) groups excluding carboxylic acids is 2. The van der Waals surface area contributed by atoms with Crippen molar-refractivity contribution in [2.75, 3.05) is 0 Å². The first kappa shape index (κ1) is 24.5. The molecule has 10 heteroatoms. The van der Waals surface area contributed by atoms with E-state index in [1.165, 1.54) is 6.92 Å². The number of alkyl halides is 5. The van der Waals surface area contributed by atoms with Gasteiger partial charge >= 0.3 is 6.18 Å². The summed E-state index contributed by atoms with van der Waals surface area (Å²) in [4.78, 5) is 25.1. The lowest BCUT2D eigenvalue weighted by molar-refractivity contribution is -0.213. The second-order valence-electron chi connectivity index (χ2n) is 9.28. The van der Waals surface area contributed by atoms with Gasteiger partial charge in [0.15, 0.2) is 0 Å². The van der Waals surface area contributed by atoms with Gasteiger partial charge in [-0.3, -0.25) is 9.59 Å². The zero-order valence-electron chi connectivity index (χ0n) is 18.0. The van der Waals surface area contributed by atoms with Crippen LogP contribution in [0.25, 0.3) is 0 Å². The molecule has 0 radical (unpaired) electrons. The first-order valence-electron chi connectivity index (χ1n) is 11.0. The number of halogens is 5. The maximum Gasteiger partial charge on any atom is 0.395 e. The molecule has 3 aliphatic rings. The molecule has 32 heavy (non-hydrogen) atoms. The molecular formula is C22H28F5N3O2. The van der Waals surface area contributed by atoms with E-state index in [-0.39, 0.29) is 36.3 Å². The average molecular weight is 461 g/mol. The Hall–Kier alpha value is -2.18. The van der Waals surface area contributed by atoms with Gasteiger partial charge in [-0.15, -0.1) is 0 Å². The van der Waals surface area contributed by atoms with Crippen LogP contribution < -0.4 is 10.6 Å². The third-order valence-electron chi connectivity index (χ3n) is 7.28. The van der Waals surface area contributed by atoms with E-state index in [4.69, 9.17) is 5.26 Å².